The van der Waals surface area contributed by atoms with Gasteiger partial charge in [-0.05, 0) is 26.0 Å². The smallest absolute Gasteiger partial charge is 0.249 e. The SMILES string of the molecule is CNc1ccc(F)c2c1NC(=O)C(C)(C)N2. The van der Waals surface area contributed by atoms with E-state index in [4.69, 9.17) is 0 Å². The Morgan fingerprint density at radius 3 is 2.62 bits per heavy atom. The van der Waals surface area contributed by atoms with Gasteiger partial charge in [0.25, 0.3) is 0 Å². The van der Waals surface area contributed by atoms with Gasteiger partial charge in [0.05, 0.1) is 17.1 Å². The van der Waals surface area contributed by atoms with Crippen LogP contribution in [-0.4, -0.2) is 18.5 Å². The van der Waals surface area contributed by atoms with Crippen LogP contribution < -0.4 is 16.0 Å². The molecule has 4 nitrogen and oxygen atoms in total. The van der Waals surface area contributed by atoms with E-state index in [1.165, 1.54) is 6.07 Å². The van der Waals surface area contributed by atoms with E-state index in [0.717, 1.165) is 0 Å². The van der Waals surface area contributed by atoms with Crippen LogP contribution in [0.1, 0.15) is 13.8 Å². The molecule has 0 atom stereocenters. The molecule has 1 aromatic carbocycles. The minimum absolute atomic E-state index is 0.179. The van der Waals surface area contributed by atoms with Gasteiger partial charge >= 0.3 is 0 Å². The summed E-state index contributed by atoms with van der Waals surface area (Å²) in [6.45, 7) is 3.41. The molecule has 0 aliphatic carbocycles. The van der Waals surface area contributed by atoms with Crippen molar-refractivity contribution in [2.75, 3.05) is 23.0 Å². The summed E-state index contributed by atoms with van der Waals surface area (Å²) in [6, 6.07) is 2.96. The first kappa shape index (κ1) is 10.7. The Morgan fingerprint density at radius 1 is 1.31 bits per heavy atom. The highest BCUT2D eigenvalue weighted by atomic mass is 19.1. The van der Waals surface area contributed by atoms with Gasteiger partial charge in [-0.25, -0.2) is 4.39 Å². The number of hydrogen-bond acceptors (Lipinski definition) is 3. The van der Waals surface area contributed by atoms with Crippen molar-refractivity contribution in [3.8, 4) is 0 Å². The van der Waals surface area contributed by atoms with Gasteiger partial charge in [-0.3, -0.25) is 4.79 Å². The average Bonchev–Trinajstić information content (AvgIpc) is 2.22. The van der Waals surface area contributed by atoms with E-state index in [2.05, 4.69) is 16.0 Å². The highest BCUT2D eigenvalue weighted by molar-refractivity contribution is 6.08. The highest BCUT2D eigenvalue weighted by Crippen LogP contribution is 2.38. The fraction of sp³-hybridized carbons (Fsp3) is 0.364. The molecule has 1 amide bonds. The van der Waals surface area contributed by atoms with E-state index in [-0.39, 0.29) is 11.7 Å². The maximum Gasteiger partial charge on any atom is 0.249 e. The number of rotatable bonds is 1. The largest absolute Gasteiger partial charge is 0.386 e. The van der Waals surface area contributed by atoms with Crippen LogP contribution in [0.5, 0.6) is 0 Å². The Kier molecular flexibility index (Phi) is 2.26. The molecule has 0 saturated carbocycles. The number of nitrogens with one attached hydrogen (secondary N) is 3. The monoisotopic (exact) mass is 223 g/mol. The minimum atomic E-state index is -0.805. The zero-order valence-electron chi connectivity index (χ0n) is 9.44. The first-order valence-corrected chi connectivity index (χ1v) is 5.05. The van der Waals surface area contributed by atoms with Crippen molar-refractivity contribution in [3.05, 3.63) is 17.9 Å². The fourth-order valence-electron chi connectivity index (χ4n) is 1.68. The second-order valence-corrected chi connectivity index (χ2v) is 4.30. The van der Waals surface area contributed by atoms with Crippen molar-refractivity contribution in [1.29, 1.82) is 0 Å². The molecule has 2 rings (SSSR count). The Bertz CT molecular complexity index is 457. The zero-order chi connectivity index (χ0) is 11.9. The third-order valence-corrected chi connectivity index (χ3v) is 2.67. The number of halogens is 1. The van der Waals surface area contributed by atoms with Gasteiger partial charge < -0.3 is 16.0 Å². The molecular formula is C11H14FN3O. The van der Waals surface area contributed by atoms with Crippen LogP contribution in [0, 0.1) is 5.82 Å². The van der Waals surface area contributed by atoms with Crippen LogP contribution in [0.25, 0.3) is 0 Å². The second-order valence-electron chi connectivity index (χ2n) is 4.30. The number of fused-ring (bicyclic) bond motifs is 1. The van der Waals surface area contributed by atoms with Crippen LogP contribution in [0.3, 0.4) is 0 Å². The van der Waals surface area contributed by atoms with Crippen molar-refractivity contribution in [2.45, 2.75) is 19.4 Å². The van der Waals surface area contributed by atoms with Crippen molar-refractivity contribution >= 4 is 23.0 Å². The van der Waals surface area contributed by atoms with Crippen molar-refractivity contribution in [1.82, 2.24) is 0 Å². The van der Waals surface area contributed by atoms with E-state index < -0.39 is 5.54 Å². The molecule has 1 heterocycles. The molecule has 0 spiro atoms. The summed E-state index contributed by atoms with van der Waals surface area (Å²) in [5.41, 5.74) is 0.677. The third kappa shape index (κ3) is 1.48. The molecule has 0 radical (unpaired) electrons. The van der Waals surface area contributed by atoms with Gasteiger partial charge in [0.2, 0.25) is 5.91 Å². The summed E-state index contributed by atoms with van der Waals surface area (Å²) >= 11 is 0. The third-order valence-electron chi connectivity index (χ3n) is 2.67. The zero-order valence-corrected chi connectivity index (χ0v) is 9.44. The van der Waals surface area contributed by atoms with E-state index in [1.807, 2.05) is 0 Å². The Morgan fingerprint density at radius 2 is 2.00 bits per heavy atom. The van der Waals surface area contributed by atoms with Gasteiger partial charge in [0.15, 0.2) is 0 Å². The number of carbonyl (C=O) groups is 1. The predicted molar refractivity (Wildman–Crippen MR) is 62.3 cm³/mol. The lowest BCUT2D eigenvalue weighted by atomic mass is 9.99. The van der Waals surface area contributed by atoms with Crippen LogP contribution in [0.2, 0.25) is 0 Å². The standard InChI is InChI=1S/C11H14FN3O/c1-11(2)10(16)14-9-7(13-3)5-4-6(12)8(9)15-11/h4-5,13,15H,1-3H3,(H,14,16). The summed E-state index contributed by atoms with van der Waals surface area (Å²) in [4.78, 5) is 11.7. The van der Waals surface area contributed by atoms with E-state index in [1.54, 1.807) is 27.0 Å². The van der Waals surface area contributed by atoms with Crippen molar-refractivity contribution in [2.24, 2.45) is 0 Å². The lowest BCUT2D eigenvalue weighted by Gasteiger charge is -2.33. The van der Waals surface area contributed by atoms with Crippen LogP contribution in [0.15, 0.2) is 12.1 Å². The molecule has 0 saturated heterocycles. The van der Waals surface area contributed by atoms with Crippen molar-refractivity contribution < 1.29 is 9.18 Å². The summed E-state index contributed by atoms with van der Waals surface area (Å²) in [5.74, 6) is -0.552. The van der Waals surface area contributed by atoms with E-state index in [9.17, 15) is 9.18 Å². The molecule has 16 heavy (non-hydrogen) atoms. The van der Waals surface area contributed by atoms with Gasteiger partial charge in [-0.15, -0.1) is 0 Å². The van der Waals surface area contributed by atoms with Gasteiger partial charge in [-0.2, -0.15) is 0 Å². The van der Waals surface area contributed by atoms with Crippen LogP contribution in [-0.2, 0) is 4.79 Å². The van der Waals surface area contributed by atoms with Crippen molar-refractivity contribution in [3.63, 3.8) is 0 Å². The molecule has 1 aliphatic heterocycles. The molecule has 0 aromatic heterocycles. The Labute approximate surface area is 93.2 Å². The summed E-state index contributed by atoms with van der Waals surface area (Å²) in [6.07, 6.45) is 0. The van der Waals surface area contributed by atoms with Gasteiger partial charge in [0, 0.05) is 7.05 Å². The average molecular weight is 223 g/mol. The lowest BCUT2D eigenvalue weighted by molar-refractivity contribution is -0.119. The first-order chi connectivity index (χ1) is 7.45. The summed E-state index contributed by atoms with van der Waals surface area (Å²) in [5, 5.41) is 8.52. The minimum Gasteiger partial charge on any atom is -0.386 e. The number of benzene rings is 1. The van der Waals surface area contributed by atoms with Crippen LogP contribution >= 0.6 is 0 Å². The van der Waals surface area contributed by atoms with Gasteiger partial charge in [-0.1, -0.05) is 0 Å². The van der Waals surface area contributed by atoms with E-state index in [0.29, 0.717) is 17.1 Å². The fourth-order valence-corrected chi connectivity index (χ4v) is 1.68. The van der Waals surface area contributed by atoms with E-state index >= 15 is 0 Å². The Balaban J connectivity index is 2.57. The number of anilines is 3. The molecule has 1 aliphatic rings. The molecular weight excluding hydrogens is 209 g/mol. The van der Waals surface area contributed by atoms with Crippen LogP contribution in [0.4, 0.5) is 21.5 Å². The molecule has 0 unspecified atom stereocenters. The molecule has 0 fully saturated rings. The predicted octanol–water partition coefficient (Wildman–Crippen LogP) is 2.01. The summed E-state index contributed by atoms with van der Waals surface area (Å²) < 4.78 is 13.6. The quantitative estimate of drug-likeness (QED) is 0.682. The topological polar surface area (TPSA) is 53.2 Å². The Hall–Kier alpha value is -1.78. The number of carbonyl (C=O) groups excluding carboxylic acids is 1. The first-order valence-electron chi connectivity index (χ1n) is 5.05. The normalized spacial score (nSPS) is 17.1. The molecule has 5 heteroatoms. The number of amides is 1. The maximum atomic E-state index is 13.6. The molecule has 86 valence electrons. The second kappa shape index (κ2) is 3.37. The maximum absolute atomic E-state index is 13.6. The lowest BCUT2D eigenvalue weighted by Crippen LogP contribution is -2.48. The molecule has 0 bridgehead atoms. The van der Waals surface area contributed by atoms with Gasteiger partial charge in [0.1, 0.15) is 11.4 Å². The molecule has 1 aromatic rings. The number of hydrogen-bond donors (Lipinski definition) is 3. The molecule has 3 N–H and O–H groups in total. The highest BCUT2D eigenvalue weighted by Gasteiger charge is 2.35. The summed E-state index contributed by atoms with van der Waals surface area (Å²) in [7, 11) is 1.72.